The third kappa shape index (κ3) is 6.34. The molecule has 0 radical (unpaired) electrons. The van der Waals surface area contributed by atoms with Gasteiger partial charge in [-0.1, -0.05) is 15.9 Å². The Labute approximate surface area is 134 Å². The molecule has 21 heavy (non-hydrogen) atoms. The van der Waals surface area contributed by atoms with E-state index < -0.39 is 30.3 Å². The number of thioether (sulfide) groups is 1. The number of carbonyl (C=O) groups excluding carboxylic acids is 1. The summed E-state index contributed by atoms with van der Waals surface area (Å²) in [4.78, 5) is 22.6. The number of carboxylic acids is 1. The van der Waals surface area contributed by atoms with Crippen LogP contribution in [0.2, 0.25) is 0 Å². The third-order valence-corrected chi connectivity index (χ3v) is 3.63. The van der Waals surface area contributed by atoms with Crippen LogP contribution < -0.4 is 10.1 Å². The first kappa shape index (κ1) is 17.8. The van der Waals surface area contributed by atoms with Gasteiger partial charge in [-0.15, -0.1) is 0 Å². The Bertz CT molecular complexity index is 515. The molecule has 1 aromatic carbocycles. The van der Waals surface area contributed by atoms with Crippen molar-refractivity contribution in [2.75, 3.05) is 18.6 Å². The van der Waals surface area contributed by atoms with Gasteiger partial charge >= 0.3 is 5.97 Å². The lowest BCUT2D eigenvalue weighted by Crippen LogP contribution is -2.43. The standard InChI is InChI=1S/C13H15BrFNO4S/c1-21-5-4-10(13(18)19)16-12(17)7-20-11-3-2-8(14)6-9(11)15/h2-3,6,10H,4-5,7H2,1H3,(H,16,17)(H,18,19). The minimum absolute atomic E-state index is 0.0654. The highest BCUT2D eigenvalue weighted by Crippen LogP contribution is 2.21. The number of ether oxygens (including phenoxy) is 1. The van der Waals surface area contributed by atoms with Crippen molar-refractivity contribution in [2.45, 2.75) is 12.5 Å². The summed E-state index contributed by atoms with van der Waals surface area (Å²) in [6, 6.07) is 3.21. The normalized spacial score (nSPS) is 11.8. The summed E-state index contributed by atoms with van der Waals surface area (Å²) in [6.07, 6.45) is 2.16. The van der Waals surface area contributed by atoms with Gasteiger partial charge in [0.15, 0.2) is 18.2 Å². The number of rotatable bonds is 8. The minimum atomic E-state index is -1.10. The molecule has 0 aliphatic heterocycles. The molecular formula is C13H15BrFNO4S. The van der Waals surface area contributed by atoms with E-state index in [1.165, 1.54) is 23.9 Å². The highest BCUT2D eigenvalue weighted by atomic mass is 79.9. The van der Waals surface area contributed by atoms with Gasteiger partial charge in [0.25, 0.3) is 5.91 Å². The van der Waals surface area contributed by atoms with Gasteiger partial charge in [-0.25, -0.2) is 9.18 Å². The van der Waals surface area contributed by atoms with Crippen molar-refractivity contribution >= 4 is 39.6 Å². The monoisotopic (exact) mass is 379 g/mol. The number of nitrogens with one attached hydrogen (secondary N) is 1. The van der Waals surface area contributed by atoms with Crippen LogP contribution in [0.3, 0.4) is 0 Å². The third-order valence-electron chi connectivity index (χ3n) is 2.50. The van der Waals surface area contributed by atoms with Crippen molar-refractivity contribution in [3.8, 4) is 5.75 Å². The van der Waals surface area contributed by atoms with Crippen LogP contribution in [0.25, 0.3) is 0 Å². The van der Waals surface area contributed by atoms with Crippen LogP contribution in [0.1, 0.15) is 6.42 Å². The summed E-state index contributed by atoms with van der Waals surface area (Å²) in [5.41, 5.74) is 0. The van der Waals surface area contributed by atoms with Crippen molar-refractivity contribution in [2.24, 2.45) is 0 Å². The molecule has 0 aliphatic rings. The summed E-state index contributed by atoms with van der Waals surface area (Å²) >= 11 is 4.59. The van der Waals surface area contributed by atoms with E-state index in [2.05, 4.69) is 21.2 Å². The molecule has 0 saturated carbocycles. The summed E-state index contributed by atoms with van der Waals surface area (Å²) in [6.45, 7) is -0.443. The van der Waals surface area contributed by atoms with Crippen LogP contribution in [0, 0.1) is 5.82 Å². The van der Waals surface area contributed by atoms with Crippen LogP contribution in [0.5, 0.6) is 5.75 Å². The Balaban J connectivity index is 2.50. The minimum Gasteiger partial charge on any atom is -0.481 e. The zero-order valence-electron chi connectivity index (χ0n) is 11.3. The molecule has 0 bridgehead atoms. The molecule has 1 aromatic rings. The van der Waals surface area contributed by atoms with Crippen LogP contribution >= 0.6 is 27.7 Å². The van der Waals surface area contributed by atoms with Crippen molar-refractivity contribution in [1.82, 2.24) is 5.32 Å². The van der Waals surface area contributed by atoms with Crippen molar-refractivity contribution in [3.05, 3.63) is 28.5 Å². The SMILES string of the molecule is CSCCC(NC(=O)COc1ccc(Br)cc1F)C(=O)O. The quantitative estimate of drug-likeness (QED) is 0.724. The van der Waals surface area contributed by atoms with E-state index in [-0.39, 0.29) is 5.75 Å². The predicted octanol–water partition coefficient (Wildman–Crippen LogP) is 2.29. The lowest BCUT2D eigenvalue weighted by Gasteiger charge is -2.14. The van der Waals surface area contributed by atoms with Gasteiger partial charge in [-0.2, -0.15) is 11.8 Å². The molecule has 8 heteroatoms. The zero-order valence-corrected chi connectivity index (χ0v) is 13.7. The van der Waals surface area contributed by atoms with Gasteiger partial charge in [0.2, 0.25) is 0 Å². The number of halogens is 2. The van der Waals surface area contributed by atoms with Crippen molar-refractivity contribution in [1.29, 1.82) is 0 Å². The number of benzene rings is 1. The van der Waals surface area contributed by atoms with Crippen LogP contribution in [-0.2, 0) is 9.59 Å². The topological polar surface area (TPSA) is 75.6 Å². The van der Waals surface area contributed by atoms with E-state index in [1.807, 2.05) is 6.26 Å². The number of carboxylic acid groups (broad SMARTS) is 1. The van der Waals surface area contributed by atoms with Crippen molar-refractivity contribution in [3.63, 3.8) is 0 Å². The molecule has 5 nitrogen and oxygen atoms in total. The largest absolute Gasteiger partial charge is 0.481 e. The highest BCUT2D eigenvalue weighted by Gasteiger charge is 2.19. The first-order valence-corrected chi connectivity index (χ1v) is 8.21. The summed E-state index contributed by atoms with van der Waals surface area (Å²) in [5.74, 6) is -1.77. The van der Waals surface area contributed by atoms with E-state index in [1.54, 1.807) is 6.07 Å². The number of carbonyl (C=O) groups is 2. The lowest BCUT2D eigenvalue weighted by molar-refractivity contribution is -0.142. The molecule has 0 spiro atoms. The van der Waals surface area contributed by atoms with E-state index >= 15 is 0 Å². The molecule has 1 atom stereocenters. The second kappa shape index (κ2) is 8.89. The molecule has 1 rings (SSSR count). The van der Waals surface area contributed by atoms with Crippen LogP contribution in [0.4, 0.5) is 4.39 Å². The molecule has 0 saturated heterocycles. The van der Waals surface area contributed by atoms with E-state index in [9.17, 15) is 14.0 Å². The maximum absolute atomic E-state index is 13.5. The average Bonchev–Trinajstić information content (AvgIpc) is 2.42. The second-order valence-electron chi connectivity index (χ2n) is 4.10. The first-order chi connectivity index (χ1) is 9.93. The Morgan fingerprint density at radius 2 is 2.24 bits per heavy atom. The molecule has 116 valence electrons. The molecular weight excluding hydrogens is 365 g/mol. The molecule has 1 unspecified atom stereocenters. The Morgan fingerprint density at radius 1 is 1.52 bits per heavy atom. The van der Waals surface area contributed by atoms with Gasteiger partial charge < -0.3 is 15.2 Å². The summed E-state index contributed by atoms with van der Waals surface area (Å²) in [5, 5.41) is 11.3. The van der Waals surface area contributed by atoms with Gasteiger partial charge in [0.05, 0.1) is 0 Å². The van der Waals surface area contributed by atoms with Crippen LogP contribution in [-0.4, -0.2) is 41.6 Å². The Kier molecular flexibility index (Phi) is 7.52. The van der Waals surface area contributed by atoms with Gasteiger partial charge in [-0.05, 0) is 36.6 Å². The molecule has 0 aromatic heterocycles. The van der Waals surface area contributed by atoms with E-state index in [0.29, 0.717) is 16.6 Å². The zero-order chi connectivity index (χ0) is 15.8. The van der Waals surface area contributed by atoms with E-state index in [0.717, 1.165) is 0 Å². The summed E-state index contributed by atoms with van der Waals surface area (Å²) < 4.78 is 19.1. The average molecular weight is 380 g/mol. The number of hydrogen-bond donors (Lipinski definition) is 2. The molecule has 0 heterocycles. The fraction of sp³-hybridized carbons (Fsp3) is 0.385. The molecule has 0 aliphatic carbocycles. The van der Waals surface area contributed by atoms with Crippen LogP contribution in [0.15, 0.2) is 22.7 Å². The highest BCUT2D eigenvalue weighted by molar-refractivity contribution is 9.10. The number of aliphatic carboxylic acids is 1. The molecule has 1 amide bonds. The first-order valence-electron chi connectivity index (χ1n) is 6.03. The summed E-state index contributed by atoms with van der Waals surface area (Å²) in [7, 11) is 0. The second-order valence-corrected chi connectivity index (χ2v) is 6.00. The number of amides is 1. The Hall–Kier alpha value is -1.28. The smallest absolute Gasteiger partial charge is 0.326 e. The van der Waals surface area contributed by atoms with Gasteiger partial charge in [-0.3, -0.25) is 4.79 Å². The lowest BCUT2D eigenvalue weighted by atomic mass is 10.2. The van der Waals surface area contributed by atoms with Gasteiger partial charge in [0, 0.05) is 4.47 Å². The molecule has 0 fully saturated rings. The van der Waals surface area contributed by atoms with Gasteiger partial charge in [0.1, 0.15) is 6.04 Å². The predicted molar refractivity (Wildman–Crippen MR) is 82.2 cm³/mol. The molecule has 2 N–H and O–H groups in total. The van der Waals surface area contributed by atoms with Crippen molar-refractivity contribution < 1.29 is 23.8 Å². The van der Waals surface area contributed by atoms with E-state index in [4.69, 9.17) is 9.84 Å². The fourth-order valence-corrected chi connectivity index (χ4v) is 2.27. The maximum Gasteiger partial charge on any atom is 0.326 e. The Morgan fingerprint density at radius 3 is 2.81 bits per heavy atom. The fourth-order valence-electron chi connectivity index (χ4n) is 1.46. The maximum atomic E-state index is 13.5. The number of hydrogen-bond acceptors (Lipinski definition) is 4.